The van der Waals surface area contributed by atoms with E-state index in [4.69, 9.17) is 9.56 Å². The molecule has 9 heteroatoms. The summed E-state index contributed by atoms with van der Waals surface area (Å²) < 4.78 is 26.9. The van der Waals surface area contributed by atoms with Gasteiger partial charge in [0, 0.05) is 5.69 Å². The molecule has 1 aromatic carbocycles. The highest BCUT2D eigenvalue weighted by atomic mass is 32.2. The number of benzene rings is 1. The number of rotatable bonds is 6. The van der Waals surface area contributed by atoms with E-state index < -0.39 is 14.9 Å². The van der Waals surface area contributed by atoms with Crippen molar-refractivity contribution in [1.29, 1.82) is 0 Å². The molecule has 0 saturated heterocycles. The average molecular weight is 311 g/mol. The highest BCUT2D eigenvalue weighted by molar-refractivity contribution is 7.88. The predicted octanol–water partition coefficient (Wildman–Crippen LogP) is 1.59. The number of furan rings is 1. The third-order valence-electron chi connectivity index (χ3n) is 2.62. The van der Waals surface area contributed by atoms with Crippen molar-refractivity contribution in [1.82, 2.24) is 0 Å². The van der Waals surface area contributed by atoms with E-state index in [1.807, 2.05) is 0 Å². The molecule has 0 radical (unpaired) electrons. The molecule has 2 aromatic rings. The molecule has 0 atom stereocenters. The van der Waals surface area contributed by atoms with Crippen molar-refractivity contribution in [3.05, 3.63) is 57.8 Å². The van der Waals surface area contributed by atoms with E-state index in [1.165, 1.54) is 12.1 Å². The smallest absolute Gasteiger partial charge is 0.404 e. The van der Waals surface area contributed by atoms with Gasteiger partial charge in [0.05, 0.1) is 18.4 Å². The fourth-order valence-corrected chi connectivity index (χ4v) is 2.36. The molecule has 1 aromatic heterocycles. The summed E-state index contributed by atoms with van der Waals surface area (Å²) in [5.74, 6) is -0.108. The maximum Gasteiger partial charge on any atom is 0.433 e. The van der Waals surface area contributed by atoms with Gasteiger partial charge in [-0.25, -0.2) is 13.6 Å². The van der Waals surface area contributed by atoms with Crippen molar-refractivity contribution >= 4 is 21.6 Å². The Balaban J connectivity index is 1.95. The van der Waals surface area contributed by atoms with Crippen LogP contribution >= 0.6 is 0 Å². The number of nitrogens with zero attached hydrogens (tertiary/aromatic N) is 1. The van der Waals surface area contributed by atoms with E-state index >= 15 is 0 Å². The zero-order valence-electron chi connectivity index (χ0n) is 10.9. The van der Waals surface area contributed by atoms with Crippen LogP contribution in [0.15, 0.2) is 40.8 Å². The Kier molecular flexibility index (Phi) is 4.24. The van der Waals surface area contributed by atoms with Crippen LogP contribution in [0.25, 0.3) is 0 Å². The van der Waals surface area contributed by atoms with E-state index in [2.05, 4.69) is 5.32 Å². The first kappa shape index (κ1) is 15.0. The highest BCUT2D eigenvalue weighted by Gasteiger charge is 2.11. The van der Waals surface area contributed by atoms with Crippen LogP contribution in [0.4, 0.5) is 11.6 Å². The lowest BCUT2D eigenvalue weighted by molar-refractivity contribution is -0.402. The fraction of sp³-hybridized carbons (Fsp3) is 0.167. The summed E-state index contributed by atoms with van der Waals surface area (Å²) in [5.41, 5.74) is 1.31. The molecule has 0 spiro atoms. The van der Waals surface area contributed by atoms with Crippen LogP contribution in [0.1, 0.15) is 11.3 Å². The molecule has 0 bridgehead atoms. The summed E-state index contributed by atoms with van der Waals surface area (Å²) in [6, 6.07) is 9.46. The lowest BCUT2D eigenvalue weighted by Gasteiger charge is -2.05. The Bertz CT molecular complexity index is 737. The van der Waals surface area contributed by atoms with Crippen molar-refractivity contribution < 1.29 is 17.8 Å². The van der Waals surface area contributed by atoms with Gasteiger partial charge < -0.3 is 9.73 Å². The minimum Gasteiger partial charge on any atom is -0.404 e. The topological polar surface area (TPSA) is 128 Å². The van der Waals surface area contributed by atoms with E-state index in [-0.39, 0.29) is 18.2 Å². The zero-order valence-corrected chi connectivity index (χ0v) is 11.7. The summed E-state index contributed by atoms with van der Waals surface area (Å²) in [4.78, 5) is 9.87. The molecule has 0 aliphatic carbocycles. The molecule has 8 nitrogen and oxygen atoms in total. The lowest BCUT2D eigenvalue weighted by Crippen LogP contribution is -2.14. The molecule has 1 heterocycles. The number of primary sulfonamides is 1. The van der Waals surface area contributed by atoms with Crippen molar-refractivity contribution in [3.63, 3.8) is 0 Å². The van der Waals surface area contributed by atoms with Gasteiger partial charge in [-0.05, 0) is 23.8 Å². The maximum atomic E-state index is 10.9. The number of anilines is 1. The molecular weight excluding hydrogens is 298 g/mol. The van der Waals surface area contributed by atoms with Crippen LogP contribution in [0.3, 0.4) is 0 Å². The first-order chi connectivity index (χ1) is 9.83. The Morgan fingerprint density at radius 1 is 1.19 bits per heavy atom. The van der Waals surface area contributed by atoms with E-state index in [0.29, 0.717) is 11.3 Å². The minimum absolute atomic E-state index is 0.225. The van der Waals surface area contributed by atoms with Crippen molar-refractivity contribution in [2.24, 2.45) is 5.14 Å². The van der Waals surface area contributed by atoms with Crippen molar-refractivity contribution in [2.45, 2.75) is 12.3 Å². The zero-order chi connectivity index (χ0) is 15.5. The number of nitrogens with one attached hydrogen (secondary N) is 1. The molecule has 0 unspecified atom stereocenters. The highest BCUT2D eigenvalue weighted by Crippen LogP contribution is 2.17. The Morgan fingerprint density at radius 3 is 2.38 bits per heavy atom. The molecule has 0 saturated carbocycles. The second-order valence-electron chi connectivity index (χ2n) is 4.35. The average Bonchev–Trinajstić information content (AvgIpc) is 2.85. The molecule has 0 fully saturated rings. The van der Waals surface area contributed by atoms with Gasteiger partial charge in [0.1, 0.15) is 10.7 Å². The maximum absolute atomic E-state index is 10.9. The Labute approximate surface area is 120 Å². The van der Waals surface area contributed by atoms with E-state index in [9.17, 15) is 18.5 Å². The normalized spacial score (nSPS) is 11.3. The summed E-state index contributed by atoms with van der Waals surface area (Å²) in [5, 5.41) is 18.4. The van der Waals surface area contributed by atoms with Gasteiger partial charge in [-0.2, -0.15) is 0 Å². The van der Waals surface area contributed by atoms with Gasteiger partial charge in [0.25, 0.3) is 0 Å². The predicted molar refractivity (Wildman–Crippen MR) is 75.9 cm³/mol. The Morgan fingerprint density at radius 2 is 1.86 bits per heavy atom. The molecule has 112 valence electrons. The lowest BCUT2D eigenvalue weighted by atomic mass is 10.2. The summed E-state index contributed by atoms with van der Waals surface area (Å²) in [6.45, 7) is 0.280. The van der Waals surface area contributed by atoms with Gasteiger partial charge >= 0.3 is 5.88 Å². The Hall–Kier alpha value is -2.39. The second-order valence-corrected chi connectivity index (χ2v) is 5.97. The van der Waals surface area contributed by atoms with Crippen molar-refractivity contribution in [2.75, 3.05) is 5.32 Å². The van der Waals surface area contributed by atoms with Gasteiger partial charge in [0.2, 0.25) is 10.0 Å². The van der Waals surface area contributed by atoms with Gasteiger partial charge in [-0.15, -0.1) is 0 Å². The quantitative estimate of drug-likeness (QED) is 0.615. The van der Waals surface area contributed by atoms with Crippen LogP contribution in [0.2, 0.25) is 0 Å². The number of hydrogen-bond acceptors (Lipinski definition) is 6. The monoisotopic (exact) mass is 311 g/mol. The van der Waals surface area contributed by atoms with Crippen LogP contribution in [-0.4, -0.2) is 13.3 Å². The van der Waals surface area contributed by atoms with Crippen LogP contribution < -0.4 is 10.5 Å². The molecule has 0 aliphatic heterocycles. The summed E-state index contributed by atoms with van der Waals surface area (Å²) in [7, 11) is -3.55. The van der Waals surface area contributed by atoms with Crippen LogP contribution in [-0.2, 0) is 22.3 Å². The minimum atomic E-state index is -3.55. The summed E-state index contributed by atoms with van der Waals surface area (Å²) >= 11 is 0. The second kappa shape index (κ2) is 5.94. The van der Waals surface area contributed by atoms with Gasteiger partial charge in [-0.1, -0.05) is 12.1 Å². The number of hydrogen-bond donors (Lipinski definition) is 2. The van der Waals surface area contributed by atoms with Gasteiger partial charge in [-0.3, -0.25) is 10.1 Å². The largest absolute Gasteiger partial charge is 0.433 e. The molecule has 21 heavy (non-hydrogen) atoms. The first-order valence-electron chi connectivity index (χ1n) is 5.90. The molecule has 3 N–H and O–H groups in total. The number of nitrogens with two attached hydrogens (primary N) is 1. The molecule has 0 amide bonds. The first-order valence-corrected chi connectivity index (χ1v) is 7.61. The number of nitro groups is 1. The standard InChI is InChI=1S/C12H13N3O5S/c13-21(18,19)8-9-1-3-10(4-2-9)14-7-11-5-6-12(20-11)15(16)17/h1-6,14H,7-8H2,(H2,13,18,19). The van der Waals surface area contributed by atoms with Gasteiger partial charge in [0.15, 0.2) is 0 Å². The van der Waals surface area contributed by atoms with Crippen LogP contribution in [0, 0.1) is 10.1 Å². The van der Waals surface area contributed by atoms with E-state index in [1.54, 1.807) is 24.3 Å². The van der Waals surface area contributed by atoms with E-state index in [0.717, 1.165) is 5.69 Å². The summed E-state index contributed by atoms with van der Waals surface area (Å²) in [6.07, 6.45) is 0. The van der Waals surface area contributed by atoms with Crippen molar-refractivity contribution in [3.8, 4) is 0 Å². The SMILES string of the molecule is NS(=O)(=O)Cc1ccc(NCc2ccc([N+](=O)[O-])o2)cc1. The number of sulfonamides is 1. The third kappa shape index (κ3) is 4.58. The molecular formula is C12H13N3O5S. The fourth-order valence-electron chi connectivity index (χ4n) is 1.70. The molecule has 0 aliphatic rings. The molecule has 2 rings (SSSR count). The third-order valence-corrected chi connectivity index (χ3v) is 3.35. The van der Waals surface area contributed by atoms with Crippen LogP contribution in [0.5, 0.6) is 0 Å².